The van der Waals surface area contributed by atoms with Crippen molar-refractivity contribution in [1.82, 2.24) is 0 Å². The summed E-state index contributed by atoms with van der Waals surface area (Å²) in [5, 5.41) is 1.66. The molecule has 0 aromatic heterocycles. The molecule has 0 aliphatic rings. The number of carbonyl (C=O) groups is 2. The highest BCUT2D eigenvalue weighted by atomic mass is 19.4. The summed E-state index contributed by atoms with van der Waals surface area (Å²) in [5.74, 6) is -0.670. The molecular formula is C24H21F3O3. The number of rotatable bonds is 6. The maximum absolute atomic E-state index is 13.5. The van der Waals surface area contributed by atoms with E-state index in [0.29, 0.717) is 16.7 Å². The zero-order chi connectivity index (χ0) is 21.9. The fourth-order valence-corrected chi connectivity index (χ4v) is 3.47. The largest absolute Gasteiger partial charge is 0.466 e. The predicted molar refractivity (Wildman–Crippen MR) is 109 cm³/mol. The molecule has 0 aliphatic carbocycles. The Morgan fingerprint density at radius 3 is 2.40 bits per heavy atom. The summed E-state index contributed by atoms with van der Waals surface area (Å²) in [6, 6.07) is 14.8. The van der Waals surface area contributed by atoms with Gasteiger partial charge in [-0.05, 0) is 65.9 Å². The Kier molecular flexibility index (Phi) is 6.25. The smallest absolute Gasteiger partial charge is 0.416 e. The summed E-state index contributed by atoms with van der Waals surface area (Å²) in [6.07, 6.45) is -4.77. The highest BCUT2D eigenvalue weighted by Gasteiger charge is 2.33. The number of hydrogen-bond acceptors (Lipinski definition) is 3. The van der Waals surface area contributed by atoms with Crippen LogP contribution in [-0.4, -0.2) is 18.4 Å². The number of carbonyl (C=O) groups excluding carboxylic acids is 2. The van der Waals surface area contributed by atoms with Gasteiger partial charge in [-0.25, -0.2) is 0 Å². The maximum Gasteiger partial charge on any atom is 0.416 e. The standard InChI is InChI=1S/C24H21F3O3/c1-3-30-23(29)11-9-18-12-17(8-10-22(18)24(25,26)27)21-14-19(15(2)28)13-16-6-4-5-7-20(16)21/h4-8,10,12-14H,3,9,11H2,1-2H3. The van der Waals surface area contributed by atoms with Crippen LogP contribution >= 0.6 is 0 Å². The van der Waals surface area contributed by atoms with Crippen LogP contribution in [0.1, 0.15) is 41.8 Å². The second kappa shape index (κ2) is 8.69. The van der Waals surface area contributed by atoms with Crippen molar-refractivity contribution in [1.29, 1.82) is 0 Å². The van der Waals surface area contributed by atoms with E-state index in [1.54, 1.807) is 19.1 Å². The number of benzene rings is 3. The van der Waals surface area contributed by atoms with Gasteiger partial charge in [0.25, 0.3) is 0 Å². The number of alkyl halides is 3. The molecular weight excluding hydrogens is 393 g/mol. The van der Waals surface area contributed by atoms with Crippen molar-refractivity contribution in [3.63, 3.8) is 0 Å². The number of aryl methyl sites for hydroxylation is 1. The number of hydrogen-bond donors (Lipinski definition) is 0. The summed E-state index contributed by atoms with van der Waals surface area (Å²) >= 11 is 0. The van der Waals surface area contributed by atoms with Crippen LogP contribution in [0.4, 0.5) is 13.2 Å². The van der Waals surface area contributed by atoms with E-state index < -0.39 is 17.7 Å². The van der Waals surface area contributed by atoms with E-state index in [9.17, 15) is 22.8 Å². The molecule has 0 saturated heterocycles. The van der Waals surface area contributed by atoms with E-state index >= 15 is 0 Å². The average Bonchev–Trinajstić information content (AvgIpc) is 2.70. The van der Waals surface area contributed by atoms with Gasteiger partial charge in [0.15, 0.2) is 5.78 Å². The molecule has 0 amide bonds. The van der Waals surface area contributed by atoms with E-state index in [-0.39, 0.29) is 30.8 Å². The SMILES string of the molecule is CCOC(=O)CCc1cc(-c2cc(C(C)=O)cc3ccccc23)ccc1C(F)(F)F. The summed E-state index contributed by atoms with van der Waals surface area (Å²) in [4.78, 5) is 23.6. The lowest BCUT2D eigenvalue weighted by Gasteiger charge is -2.16. The zero-order valence-electron chi connectivity index (χ0n) is 16.7. The highest BCUT2D eigenvalue weighted by molar-refractivity contribution is 6.04. The van der Waals surface area contributed by atoms with Gasteiger partial charge < -0.3 is 4.74 Å². The van der Waals surface area contributed by atoms with Crippen LogP contribution in [0.5, 0.6) is 0 Å². The Hall–Kier alpha value is -3.15. The molecule has 0 aliphatic heterocycles. The predicted octanol–water partition coefficient (Wildman–Crippen LogP) is 6.22. The summed E-state index contributed by atoms with van der Waals surface area (Å²) in [7, 11) is 0. The molecule has 3 aromatic carbocycles. The number of esters is 1. The molecule has 0 spiro atoms. The third-order valence-corrected chi connectivity index (χ3v) is 4.89. The lowest BCUT2D eigenvalue weighted by Crippen LogP contribution is -2.12. The highest BCUT2D eigenvalue weighted by Crippen LogP contribution is 2.37. The van der Waals surface area contributed by atoms with Crippen molar-refractivity contribution < 1.29 is 27.5 Å². The number of fused-ring (bicyclic) bond motifs is 1. The molecule has 0 heterocycles. The van der Waals surface area contributed by atoms with Crippen molar-refractivity contribution in [2.45, 2.75) is 32.9 Å². The molecule has 0 saturated carbocycles. The van der Waals surface area contributed by atoms with Gasteiger partial charge in [0.1, 0.15) is 0 Å². The second-order valence-electron chi connectivity index (χ2n) is 6.98. The molecule has 156 valence electrons. The minimum atomic E-state index is -4.54. The molecule has 0 fully saturated rings. The Bertz CT molecular complexity index is 1100. The number of ketones is 1. The third kappa shape index (κ3) is 4.70. The summed E-state index contributed by atoms with van der Waals surface area (Å²) in [6.45, 7) is 3.27. The normalized spacial score (nSPS) is 11.5. The molecule has 30 heavy (non-hydrogen) atoms. The third-order valence-electron chi connectivity index (χ3n) is 4.89. The first-order valence-electron chi connectivity index (χ1n) is 9.60. The van der Waals surface area contributed by atoms with Crippen LogP contribution in [0.2, 0.25) is 0 Å². The van der Waals surface area contributed by atoms with Crippen LogP contribution in [-0.2, 0) is 22.1 Å². The Balaban J connectivity index is 2.14. The Morgan fingerprint density at radius 2 is 1.73 bits per heavy atom. The fourth-order valence-electron chi connectivity index (χ4n) is 3.47. The molecule has 0 N–H and O–H groups in total. The second-order valence-corrected chi connectivity index (χ2v) is 6.98. The van der Waals surface area contributed by atoms with Crippen molar-refractivity contribution in [3.8, 4) is 11.1 Å². The van der Waals surface area contributed by atoms with Crippen molar-refractivity contribution in [3.05, 3.63) is 71.3 Å². The van der Waals surface area contributed by atoms with Crippen LogP contribution in [0.25, 0.3) is 21.9 Å². The van der Waals surface area contributed by atoms with E-state index in [2.05, 4.69) is 0 Å². The molecule has 0 bridgehead atoms. The quantitative estimate of drug-likeness (QED) is 0.355. The maximum atomic E-state index is 13.5. The lowest BCUT2D eigenvalue weighted by atomic mass is 9.91. The fraction of sp³-hybridized carbons (Fsp3) is 0.250. The topological polar surface area (TPSA) is 43.4 Å². The van der Waals surface area contributed by atoms with Crippen LogP contribution in [0.15, 0.2) is 54.6 Å². The Morgan fingerprint density at radius 1 is 1.00 bits per heavy atom. The Labute approximate surface area is 172 Å². The molecule has 0 radical (unpaired) electrons. The van der Waals surface area contributed by atoms with Gasteiger partial charge in [-0.15, -0.1) is 0 Å². The van der Waals surface area contributed by atoms with Crippen molar-refractivity contribution >= 4 is 22.5 Å². The van der Waals surface area contributed by atoms with Crippen LogP contribution in [0, 0.1) is 0 Å². The number of Topliss-reactive ketones (excluding diaryl/α,β-unsaturated/α-hetero) is 1. The molecule has 3 rings (SSSR count). The minimum Gasteiger partial charge on any atom is -0.466 e. The van der Waals surface area contributed by atoms with Gasteiger partial charge in [0, 0.05) is 12.0 Å². The first-order chi connectivity index (χ1) is 14.2. The van der Waals surface area contributed by atoms with E-state index in [1.807, 2.05) is 24.3 Å². The van der Waals surface area contributed by atoms with E-state index in [4.69, 9.17) is 4.74 Å². The summed E-state index contributed by atoms with van der Waals surface area (Å²) in [5.41, 5.74) is 0.954. The van der Waals surface area contributed by atoms with E-state index in [1.165, 1.54) is 19.1 Å². The van der Waals surface area contributed by atoms with Crippen LogP contribution < -0.4 is 0 Å². The molecule has 0 unspecified atom stereocenters. The molecule has 0 atom stereocenters. The minimum absolute atomic E-state index is 0.0189. The van der Waals surface area contributed by atoms with Gasteiger partial charge in [-0.2, -0.15) is 13.2 Å². The monoisotopic (exact) mass is 414 g/mol. The van der Waals surface area contributed by atoms with Gasteiger partial charge >= 0.3 is 12.1 Å². The molecule has 6 heteroatoms. The zero-order valence-corrected chi connectivity index (χ0v) is 16.7. The van der Waals surface area contributed by atoms with Crippen molar-refractivity contribution in [2.75, 3.05) is 6.61 Å². The number of ether oxygens (including phenoxy) is 1. The first kappa shape index (κ1) is 21.6. The summed E-state index contributed by atoms with van der Waals surface area (Å²) < 4.78 is 45.4. The number of halogens is 3. The van der Waals surface area contributed by atoms with Crippen molar-refractivity contribution in [2.24, 2.45) is 0 Å². The van der Waals surface area contributed by atoms with Gasteiger partial charge in [-0.3, -0.25) is 9.59 Å². The van der Waals surface area contributed by atoms with E-state index in [0.717, 1.165) is 16.8 Å². The first-order valence-corrected chi connectivity index (χ1v) is 9.60. The average molecular weight is 414 g/mol. The molecule has 3 nitrogen and oxygen atoms in total. The van der Waals surface area contributed by atoms with Crippen LogP contribution in [0.3, 0.4) is 0 Å². The van der Waals surface area contributed by atoms with Gasteiger partial charge in [-0.1, -0.05) is 36.4 Å². The van der Waals surface area contributed by atoms with Gasteiger partial charge in [0.05, 0.1) is 12.2 Å². The lowest BCUT2D eigenvalue weighted by molar-refractivity contribution is -0.144. The van der Waals surface area contributed by atoms with Gasteiger partial charge in [0.2, 0.25) is 0 Å². The molecule has 3 aromatic rings.